The number of hydrogen-bond acceptors (Lipinski definition) is 6. The molecule has 0 saturated heterocycles. The van der Waals surface area contributed by atoms with Crippen molar-refractivity contribution in [3.63, 3.8) is 0 Å². The van der Waals surface area contributed by atoms with Crippen LogP contribution in [0.2, 0.25) is 0 Å². The lowest BCUT2D eigenvalue weighted by Gasteiger charge is -2.05. The van der Waals surface area contributed by atoms with Gasteiger partial charge in [-0.05, 0) is 41.8 Å². The van der Waals surface area contributed by atoms with Gasteiger partial charge in [0.15, 0.2) is 0 Å². The van der Waals surface area contributed by atoms with E-state index < -0.39 is 16.1 Å². The maximum Gasteiger partial charge on any atom is 0.335 e. The van der Waals surface area contributed by atoms with Crippen LogP contribution >= 0.6 is 0 Å². The van der Waals surface area contributed by atoms with Crippen LogP contribution in [0.25, 0.3) is 10.8 Å². The summed E-state index contributed by atoms with van der Waals surface area (Å²) in [5.41, 5.74) is 0.405. The zero-order valence-electron chi connectivity index (χ0n) is 13.1. The molecule has 0 radical (unpaired) electrons. The SMILES string of the molecule is O=C(O)c1cccc(N=Nc2c(O)ccc3cc(S(=O)(=O)O)ccc23)c1. The first kappa shape index (κ1) is 17.5. The van der Waals surface area contributed by atoms with Gasteiger partial charge in [0.25, 0.3) is 10.1 Å². The van der Waals surface area contributed by atoms with Crippen LogP contribution in [0.15, 0.2) is 69.7 Å². The Balaban J connectivity index is 2.08. The van der Waals surface area contributed by atoms with Crippen LogP contribution in [0.5, 0.6) is 5.75 Å². The Kier molecular flexibility index (Phi) is 4.41. The van der Waals surface area contributed by atoms with E-state index >= 15 is 0 Å². The number of carbonyl (C=O) groups is 1. The quantitative estimate of drug-likeness (QED) is 0.469. The normalized spacial score (nSPS) is 11.9. The molecule has 0 aliphatic carbocycles. The molecule has 132 valence electrons. The van der Waals surface area contributed by atoms with E-state index in [1.165, 1.54) is 48.5 Å². The molecule has 0 unspecified atom stereocenters. The van der Waals surface area contributed by atoms with Gasteiger partial charge in [-0.1, -0.05) is 18.2 Å². The highest BCUT2D eigenvalue weighted by molar-refractivity contribution is 7.85. The van der Waals surface area contributed by atoms with Crippen LogP contribution in [0.3, 0.4) is 0 Å². The molecule has 0 spiro atoms. The molecular weight excluding hydrogens is 360 g/mol. The second-order valence-electron chi connectivity index (χ2n) is 5.35. The van der Waals surface area contributed by atoms with E-state index in [9.17, 15) is 18.3 Å². The third-order valence-electron chi connectivity index (χ3n) is 3.60. The molecule has 26 heavy (non-hydrogen) atoms. The van der Waals surface area contributed by atoms with Crippen LogP contribution in [0.4, 0.5) is 11.4 Å². The molecule has 3 aromatic rings. The molecule has 3 N–H and O–H groups in total. The predicted octanol–water partition coefficient (Wildman–Crippen LogP) is 3.91. The highest BCUT2D eigenvalue weighted by Gasteiger charge is 2.13. The van der Waals surface area contributed by atoms with Crippen molar-refractivity contribution in [1.29, 1.82) is 0 Å². The highest BCUT2D eigenvalue weighted by Crippen LogP contribution is 2.37. The summed E-state index contributed by atoms with van der Waals surface area (Å²) >= 11 is 0. The molecule has 0 atom stereocenters. The maximum atomic E-state index is 11.2. The van der Waals surface area contributed by atoms with Gasteiger partial charge in [-0.3, -0.25) is 4.55 Å². The number of phenols is 1. The summed E-state index contributed by atoms with van der Waals surface area (Å²) in [6.45, 7) is 0. The Hall–Kier alpha value is -3.30. The first-order valence-corrected chi connectivity index (χ1v) is 8.68. The summed E-state index contributed by atoms with van der Waals surface area (Å²) in [6.07, 6.45) is 0. The summed E-state index contributed by atoms with van der Waals surface area (Å²) < 4.78 is 31.6. The fraction of sp³-hybridized carbons (Fsp3) is 0. The van der Waals surface area contributed by atoms with Gasteiger partial charge < -0.3 is 10.2 Å². The number of nitrogens with zero attached hydrogens (tertiary/aromatic N) is 2. The van der Waals surface area contributed by atoms with Crippen molar-refractivity contribution < 1.29 is 28.0 Å². The van der Waals surface area contributed by atoms with Crippen molar-refractivity contribution in [2.24, 2.45) is 10.2 Å². The highest BCUT2D eigenvalue weighted by atomic mass is 32.2. The van der Waals surface area contributed by atoms with E-state index in [0.717, 1.165) is 0 Å². The summed E-state index contributed by atoms with van der Waals surface area (Å²) in [4.78, 5) is 10.7. The lowest BCUT2D eigenvalue weighted by molar-refractivity contribution is 0.0697. The van der Waals surface area contributed by atoms with Crippen molar-refractivity contribution in [2.45, 2.75) is 4.90 Å². The first-order valence-electron chi connectivity index (χ1n) is 7.24. The van der Waals surface area contributed by atoms with Crippen LogP contribution in [0.1, 0.15) is 10.4 Å². The Labute approximate surface area is 147 Å². The number of carboxylic acid groups (broad SMARTS) is 1. The lowest BCUT2D eigenvalue weighted by Crippen LogP contribution is -1.97. The van der Waals surface area contributed by atoms with Gasteiger partial charge in [0.2, 0.25) is 0 Å². The van der Waals surface area contributed by atoms with Gasteiger partial charge in [-0.15, -0.1) is 5.11 Å². The van der Waals surface area contributed by atoms with E-state index in [1.54, 1.807) is 6.07 Å². The fourth-order valence-corrected chi connectivity index (χ4v) is 2.87. The average Bonchev–Trinajstić information content (AvgIpc) is 2.60. The monoisotopic (exact) mass is 372 g/mol. The first-order chi connectivity index (χ1) is 12.3. The van der Waals surface area contributed by atoms with Crippen LogP contribution in [0, 0.1) is 0 Å². The number of aromatic carboxylic acids is 1. The van der Waals surface area contributed by atoms with Crippen LogP contribution in [-0.4, -0.2) is 29.2 Å². The van der Waals surface area contributed by atoms with Gasteiger partial charge in [0.1, 0.15) is 11.4 Å². The summed E-state index contributed by atoms with van der Waals surface area (Å²) in [5.74, 6) is -1.29. The minimum absolute atomic E-state index is 0.0429. The molecule has 0 aliphatic heterocycles. The molecule has 0 amide bonds. The number of azo groups is 1. The topological polar surface area (TPSA) is 137 Å². The molecule has 3 rings (SSSR count). The van der Waals surface area contributed by atoms with Crippen molar-refractivity contribution in [3.8, 4) is 5.75 Å². The molecule has 0 bridgehead atoms. The molecule has 9 heteroatoms. The van der Waals surface area contributed by atoms with E-state index in [1.807, 2.05) is 0 Å². The molecule has 0 aromatic heterocycles. The van der Waals surface area contributed by atoms with E-state index in [4.69, 9.17) is 9.66 Å². The number of benzene rings is 3. The molecule has 0 saturated carbocycles. The molecule has 0 fully saturated rings. The van der Waals surface area contributed by atoms with Crippen molar-refractivity contribution in [3.05, 3.63) is 60.2 Å². The third-order valence-corrected chi connectivity index (χ3v) is 4.45. The van der Waals surface area contributed by atoms with Crippen molar-refractivity contribution >= 4 is 38.2 Å². The van der Waals surface area contributed by atoms with E-state index in [-0.39, 0.29) is 27.6 Å². The largest absolute Gasteiger partial charge is 0.506 e. The summed E-state index contributed by atoms with van der Waals surface area (Å²) in [6, 6.07) is 12.4. The van der Waals surface area contributed by atoms with Crippen molar-refractivity contribution in [1.82, 2.24) is 0 Å². The van der Waals surface area contributed by atoms with Gasteiger partial charge in [-0.2, -0.15) is 13.5 Å². The van der Waals surface area contributed by atoms with Crippen LogP contribution in [-0.2, 0) is 10.1 Å². The maximum absolute atomic E-state index is 11.2. The summed E-state index contributed by atoms with van der Waals surface area (Å²) in [5, 5.41) is 27.8. The van der Waals surface area contributed by atoms with E-state index in [0.29, 0.717) is 10.8 Å². The Morgan fingerprint density at radius 2 is 1.73 bits per heavy atom. The average molecular weight is 372 g/mol. The third kappa shape index (κ3) is 3.53. The minimum atomic E-state index is -4.36. The molecular formula is C17H12N2O6S. The Bertz CT molecular complexity index is 1160. The zero-order valence-corrected chi connectivity index (χ0v) is 13.9. The molecule has 0 aliphatic rings. The second kappa shape index (κ2) is 6.54. The predicted molar refractivity (Wildman–Crippen MR) is 93.0 cm³/mol. The number of aromatic hydroxyl groups is 1. The molecule has 3 aromatic carbocycles. The smallest absolute Gasteiger partial charge is 0.335 e. The standard InChI is InChI=1S/C17H12N2O6S/c20-15-7-4-10-9-13(26(23,24)25)5-6-14(10)16(15)19-18-12-3-1-2-11(8-12)17(21)22/h1-9,20H,(H,21,22)(H,23,24,25). The lowest BCUT2D eigenvalue weighted by atomic mass is 10.1. The number of carboxylic acids is 1. The Morgan fingerprint density at radius 3 is 2.42 bits per heavy atom. The molecule has 0 heterocycles. The van der Waals surface area contributed by atoms with Gasteiger partial charge in [-0.25, -0.2) is 4.79 Å². The zero-order chi connectivity index (χ0) is 18.9. The van der Waals surface area contributed by atoms with Gasteiger partial charge >= 0.3 is 5.97 Å². The van der Waals surface area contributed by atoms with Crippen molar-refractivity contribution in [2.75, 3.05) is 0 Å². The van der Waals surface area contributed by atoms with Gasteiger partial charge in [0, 0.05) is 5.39 Å². The van der Waals surface area contributed by atoms with Crippen LogP contribution < -0.4 is 0 Å². The van der Waals surface area contributed by atoms with E-state index in [2.05, 4.69) is 10.2 Å². The fourth-order valence-electron chi connectivity index (χ4n) is 2.35. The number of phenolic OH excluding ortho intramolecular Hbond substituents is 1. The second-order valence-corrected chi connectivity index (χ2v) is 6.77. The summed E-state index contributed by atoms with van der Waals surface area (Å²) in [7, 11) is -4.36. The van der Waals surface area contributed by atoms with Gasteiger partial charge in [0.05, 0.1) is 16.1 Å². The Morgan fingerprint density at radius 1 is 0.962 bits per heavy atom. The molecule has 8 nitrogen and oxygen atoms in total. The number of rotatable bonds is 4. The minimum Gasteiger partial charge on any atom is -0.506 e. The number of hydrogen-bond donors (Lipinski definition) is 3. The number of fused-ring (bicyclic) bond motifs is 1.